The first kappa shape index (κ1) is 9.76. The standard InChI is InChI=1S/C6H9BrN2O2S/c1-12(10,11)9-4-5(3-8)2-6(9)7/h2,4H,3,8H2,1H3. The van der Waals surface area contributed by atoms with Gasteiger partial charge in [0, 0.05) is 12.7 Å². The highest BCUT2D eigenvalue weighted by Crippen LogP contribution is 2.16. The predicted octanol–water partition coefficient (Wildman–Crippen LogP) is 0.517. The van der Waals surface area contributed by atoms with E-state index < -0.39 is 10.0 Å². The maximum absolute atomic E-state index is 11.1. The van der Waals surface area contributed by atoms with Crippen molar-refractivity contribution in [2.24, 2.45) is 5.73 Å². The number of hydrogen-bond acceptors (Lipinski definition) is 3. The number of hydrogen-bond donors (Lipinski definition) is 1. The summed E-state index contributed by atoms with van der Waals surface area (Å²) in [4.78, 5) is 0. The van der Waals surface area contributed by atoms with Crippen molar-refractivity contribution in [1.29, 1.82) is 0 Å². The van der Waals surface area contributed by atoms with Crippen LogP contribution in [0.1, 0.15) is 5.56 Å². The van der Waals surface area contributed by atoms with Crippen LogP contribution in [0.15, 0.2) is 16.9 Å². The Morgan fingerprint density at radius 1 is 1.67 bits per heavy atom. The number of aromatic nitrogens is 1. The average Bonchev–Trinajstić information content (AvgIpc) is 2.29. The van der Waals surface area contributed by atoms with E-state index in [0.29, 0.717) is 11.1 Å². The SMILES string of the molecule is CS(=O)(=O)n1cc(CN)cc1Br. The molecule has 0 aliphatic carbocycles. The van der Waals surface area contributed by atoms with Gasteiger partial charge in [0.2, 0.25) is 10.0 Å². The largest absolute Gasteiger partial charge is 0.326 e. The van der Waals surface area contributed by atoms with E-state index in [0.717, 1.165) is 15.8 Å². The molecule has 0 atom stereocenters. The van der Waals surface area contributed by atoms with Crippen LogP contribution in [-0.4, -0.2) is 18.6 Å². The lowest BCUT2D eigenvalue weighted by Gasteiger charge is -1.98. The molecule has 0 bridgehead atoms. The molecule has 0 saturated carbocycles. The summed E-state index contributed by atoms with van der Waals surface area (Å²) in [5.74, 6) is 0. The van der Waals surface area contributed by atoms with Crippen LogP contribution in [0.5, 0.6) is 0 Å². The molecular weight excluding hydrogens is 244 g/mol. The lowest BCUT2D eigenvalue weighted by atomic mass is 10.4. The molecule has 0 aliphatic heterocycles. The summed E-state index contributed by atoms with van der Waals surface area (Å²) in [6.45, 7) is 0.334. The zero-order valence-corrected chi connectivity index (χ0v) is 8.89. The number of halogens is 1. The number of rotatable bonds is 2. The summed E-state index contributed by atoms with van der Waals surface area (Å²) in [6, 6.07) is 1.68. The van der Waals surface area contributed by atoms with E-state index in [4.69, 9.17) is 5.73 Å². The van der Waals surface area contributed by atoms with E-state index in [1.54, 1.807) is 6.07 Å². The van der Waals surface area contributed by atoms with Gasteiger partial charge in [-0.15, -0.1) is 0 Å². The maximum Gasteiger partial charge on any atom is 0.236 e. The second-order valence-corrected chi connectivity index (χ2v) is 5.11. The fourth-order valence-corrected chi connectivity index (χ4v) is 2.71. The van der Waals surface area contributed by atoms with Crippen molar-refractivity contribution in [3.05, 3.63) is 22.4 Å². The van der Waals surface area contributed by atoms with Crippen molar-refractivity contribution in [1.82, 2.24) is 3.97 Å². The van der Waals surface area contributed by atoms with Crippen LogP contribution >= 0.6 is 15.9 Å². The number of nitrogens with zero attached hydrogens (tertiary/aromatic N) is 1. The summed E-state index contributed by atoms with van der Waals surface area (Å²) in [6.07, 6.45) is 2.64. The van der Waals surface area contributed by atoms with Gasteiger partial charge in [0.05, 0.1) is 10.9 Å². The van der Waals surface area contributed by atoms with Gasteiger partial charge in [0.15, 0.2) is 0 Å². The Kier molecular flexibility index (Phi) is 2.60. The number of nitrogens with two attached hydrogens (primary N) is 1. The molecule has 0 spiro atoms. The van der Waals surface area contributed by atoms with Crippen LogP contribution in [0.3, 0.4) is 0 Å². The first-order valence-electron chi connectivity index (χ1n) is 3.22. The Labute approximate surface area is 79.5 Å². The van der Waals surface area contributed by atoms with Gasteiger partial charge >= 0.3 is 0 Å². The summed E-state index contributed by atoms with van der Waals surface area (Å²) in [5, 5.41) is 0. The molecule has 1 heterocycles. The maximum atomic E-state index is 11.1. The van der Waals surface area contributed by atoms with Crippen LogP contribution in [0.4, 0.5) is 0 Å². The minimum atomic E-state index is -3.21. The summed E-state index contributed by atoms with van der Waals surface area (Å²) in [5.41, 5.74) is 6.13. The molecule has 4 nitrogen and oxygen atoms in total. The molecule has 0 saturated heterocycles. The highest BCUT2D eigenvalue weighted by atomic mass is 79.9. The molecule has 0 radical (unpaired) electrons. The zero-order chi connectivity index (χ0) is 9.35. The van der Waals surface area contributed by atoms with E-state index in [-0.39, 0.29) is 0 Å². The molecule has 0 aliphatic rings. The van der Waals surface area contributed by atoms with Gasteiger partial charge in [0.25, 0.3) is 0 Å². The molecular formula is C6H9BrN2O2S. The molecule has 68 valence electrons. The van der Waals surface area contributed by atoms with Crippen molar-refractivity contribution in [3.8, 4) is 0 Å². The van der Waals surface area contributed by atoms with Crippen molar-refractivity contribution in [2.45, 2.75) is 6.54 Å². The van der Waals surface area contributed by atoms with E-state index in [2.05, 4.69) is 15.9 Å². The Hall–Kier alpha value is -0.330. The van der Waals surface area contributed by atoms with E-state index in [1.807, 2.05) is 0 Å². The van der Waals surface area contributed by atoms with Gasteiger partial charge in [-0.3, -0.25) is 0 Å². The van der Waals surface area contributed by atoms with Gasteiger partial charge < -0.3 is 5.73 Å². The van der Waals surface area contributed by atoms with Gasteiger partial charge in [-0.2, -0.15) is 0 Å². The molecule has 6 heteroatoms. The van der Waals surface area contributed by atoms with Crippen molar-refractivity contribution in [3.63, 3.8) is 0 Å². The minimum absolute atomic E-state index is 0.334. The van der Waals surface area contributed by atoms with Gasteiger partial charge in [-0.25, -0.2) is 12.4 Å². The van der Waals surface area contributed by atoms with Crippen LogP contribution in [0.25, 0.3) is 0 Å². The quantitative estimate of drug-likeness (QED) is 0.835. The Balaban J connectivity index is 3.27. The van der Waals surface area contributed by atoms with Crippen molar-refractivity contribution < 1.29 is 8.42 Å². The lowest BCUT2D eigenvalue weighted by Crippen LogP contribution is -2.08. The van der Waals surface area contributed by atoms with E-state index in [9.17, 15) is 8.42 Å². The fraction of sp³-hybridized carbons (Fsp3) is 0.333. The average molecular weight is 253 g/mol. The molecule has 0 unspecified atom stereocenters. The predicted molar refractivity (Wildman–Crippen MR) is 50.3 cm³/mol. The highest BCUT2D eigenvalue weighted by molar-refractivity contribution is 9.10. The molecule has 2 N–H and O–H groups in total. The molecule has 0 amide bonds. The monoisotopic (exact) mass is 252 g/mol. The van der Waals surface area contributed by atoms with E-state index >= 15 is 0 Å². The zero-order valence-electron chi connectivity index (χ0n) is 6.49. The lowest BCUT2D eigenvalue weighted by molar-refractivity contribution is 0.592. The van der Waals surface area contributed by atoms with Crippen LogP contribution in [0.2, 0.25) is 0 Å². The third kappa shape index (κ3) is 1.88. The Morgan fingerprint density at radius 3 is 2.50 bits per heavy atom. The van der Waals surface area contributed by atoms with Crippen molar-refractivity contribution >= 4 is 26.0 Å². The topological polar surface area (TPSA) is 65.1 Å². The summed E-state index contributed by atoms with van der Waals surface area (Å²) in [7, 11) is -3.21. The summed E-state index contributed by atoms with van der Waals surface area (Å²) >= 11 is 3.12. The normalized spacial score (nSPS) is 11.9. The van der Waals surface area contributed by atoms with Crippen LogP contribution < -0.4 is 5.73 Å². The van der Waals surface area contributed by atoms with Crippen molar-refractivity contribution in [2.75, 3.05) is 6.26 Å². The smallest absolute Gasteiger partial charge is 0.236 e. The molecule has 1 aromatic heterocycles. The Morgan fingerprint density at radius 2 is 2.25 bits per heavy atom. The summed E-state index contributed by atoms with van der Waals surface area (Å²) < 4.78 is 23.8. The molecule has 12 heavy (non-hydrogen) atoms. The molecule has 1 aromatic rings. The molecule has 0 aromatic carbocycles. The van der Waals surface area contributed by atoms with Gasteiger partial charge in [-0.05, 0) is 27.6 Å². The molecule has 0 fully saturated rings. The first-order valence-corrected chi connectivity index (χ1v) is 5.86. The second-order valence-electron chi connectivity index (χ2n) is 2.43. The van der Waals surface area contributed by atoms with Crippen LogP contribution in [-0.2, 0) is 16.6 Å². The second kappa shape index (κ2) is 3.20. The van der Waals surface area contributed by atoms with Crippen LogP contribution in [0, 0.1) is 0 Å². The Bertz CT molecular complexity index is 382. The van der Waals surface area contributed by atoms with Gasteiger partial charge in [-0.1, -0.05) is 0 Å². The first-order chi connectivity index (χ1) is 5.45. The fourth-order valence-electron chi connectivity index (χ4n) is 0.832. The highest BCUT2D eigenvalue weighted by Gasteiger charge is 2.10. The van der Waals surface area contributed by atoms with Gasteiger partial charge in [0.1, 0.15) is 0 Å². The van der Waals surface area contributed by atoms with E-state index in [1.165, 1.54) is 6.20 Å². The third-order valence-electron chi connectivity index (χ3n) is 1.39. The molecule has 1 rings (SSSR count). The minimum Gasteiger partial charge on any atom is -0.326 e. The third-order valence-corrected chi connectivity index (χ3v) is 3.25.